The summed E-state index contributed by atoms with van der Waals surface area (Å²) in [6, 6.07) is 0. The summed E-state index contributed by atoms with van der Waals surface area (Å²) in [6.07, 6.45) is 2.08. The predicted octanol–water partition coefficient (Wildman–Crippen LogP) is -1.28. The van der Waals surface area contributed by atoms with Crippen LogP contribution in [0.5, 0.6) is 0 Å². The third-order valence-electron chi connectivity index (χ3n) is 1.03. The van der Waals surface area contributed by atoms with Crippen molar-refractivity contribution in [1.29, 1.82) is 0 Å². The standard InChI is InChI=1S/C6H15N5.H2O4S/c1-2-3-4-10-6(9)11-5(7)8;1-5(2,3)4/h2-4H2,1H3,(H6,7,8,9,10,11);(H2,1,2,3,4). The number of hydrogen-bond donors (Lipinski definition) is 5. The van der Waals surface area contributed by atoms with Gasteiger partial charge in [-0.05, 0) is 6.42 Å². The third-order valence-corrected chi connectivity index (χ3v) is 1.03. The Kier molecular flexibility index (Phi) is 9.45. The zero-order valence-corrected chi connectivity index (χ0v) is 9.68. The Morgan fingerprint density at radius 3 is 2.00 bits per heavy atom. The van der Waals surface area contributed by atoms with Gasteiger partial charge >= 0.3 is 10.4 Å². The molecular weight excluding hydrogens is 238 g/mol. The molecule has 9 nitrogen and oxygen atoms in total. The van der Waals surface area contributed by atoms with Crippen molar-refractivity contribution in [2.75, 3.05) is 6.54 Å². The monoisotopic (exact) mass is 255 g/mol. The number of aliphatic imine (C=N–C) groups is 2. The fourth-order valence-electron chi connectivity index (χ4n) is 0.519. The van der Waals surface area contributed by atoms with E-state index in [9.17, 15) is 0 Å². The van der Waals surface area contributed by atoms with E-state index < -0.39 is 10.4 Å². The number of unbranched alkanes of at least 4 members (excludes halogenated alkanes) is 1. The molecule has 0 radical (unpaired) electrons. The lowest BCUT2D eigenvalue weighted by Gasteiger charge is -1.93. The fraction of sp³-hybridized carbons (Fsp3) is 0.667. The zero-order valence-electron chi connectivity index (χ0n) is 8.87. The first-order valence-electron chi connectivity index (χ1n) is 4.26. The molecule has 0 amide bonds. The lowest BCUT2D eigenvalue weighted by molar-refractivity contribution is 0.381. The van der Waals surface area contributed by atoms with Gasteiger partial charge in [0.1, 0.15) is 0 Å². The van der Waals surface area contributed by atoms with E-state index in [1.54, 1.807) is 0 Å². The average molecular weight is 255 g/mol. The Morgan fingerprint density at radius 1 is 1.25 bits per heavy atom. The van der Waals surface area contributed by atoms with Crippen LogP contribution in [-0.4, -0.2) is 36.0 Å². The van der Waals surface area contributed by atoms with E-state index >= 15 is 0 Å². The maximum atomic E-state index is 8.74. The van der Waals surface area contributed by atoms with Gasteiger partial charge < -0.3 is 17.2 Å². The first-order valence-corrected chi connectivity index (χ1v) is 5.66. The number of guanidine groups is 2. The highest BCUT2D eigenvalue weighted by Crippen LogP contribution is 1.86. The molecule has 0 aromatic heterocycles. The molecule has 0 bridgehead atoms. The number of nitrogens with two attached hydrogens (primary N) is 3. The van der Waals surface area contributed by atoms with Gasteiger partial charge in [0.2, 0.25) is 5.96 Å². The summed E-state index contributed by atoms with van der Waals surface area (Å²) in [6.45, 7) is 2.76. The molecule has 16 heavy (non-hydrogen) atoms. The van der Waals surface area contributed by atoms with Crippen LogP contribution in [0.2, 0.25) is 0 Å². The molecule has 10 heteroatoms. The van der Waals surface area contributed by atoms with Gasteiger partial charge in [-0.1, -0.05) is 13.3 Å². The van der Waals surface area contributed by atoms with Crippen molar-refractivity contribution in [1.82, 2.24) is 0 Å². The second-order valence-electron chi connectivity index (χ2n) is 2.58. The Morgan fingerprint density at radius 2 is 1.69 bits per heavy atom. The summed E-state index contributed by atoms with van der Waals surface area (Å²) in [5, 5.41) is 0. The fourth-order valence-corrected chi connectivity index (χ4v) is 0.519. The topological polar surface area (TPSA) is 177 Å². The molecule has 0 aliphatic heterocycles. The largest absolute Gasteiger partial charge is 0.394 e. The first kappa shape index (κ1) is 17.0. The van der Waals surface area contributed by atoms with Gasteiger partial charge in [-0.25, -0.2) is 0 Å². The van der Waals surface area contributed by atoms with Crippen LogP contribution in [0.15, 0.2) is 9.98 Å². The molecule has 0 aromatic rings. The normalized spacial score (nSPS) is 11.3. The van der Waals surface area contributed by atoms with Gasteiger partial charge in [-0.15, -0.1) is 0 Å². The van der Waals surface area contributed by atoms with Crippen molar-refractivity contribution in [3.8, 4) is 0 Å². The Hall–Kier alpha value is -1.39. The highest BCUT2D eigenvalue weighted by Gasteiger charge is 1.87. The lowest BCUT2D eigenvalue weighted by Crippen LogP contribution is -2.26. The SMILES string of the molecule is CCCCN=C(N)N=C(N)N.O=S(=O)(O)O. The summed E-state index contributed by atoms with van der Waals surface area (Å²) in [7, 11) is -4.67. The van der Waals surface area contributed by atoms with Crippen LogP contribution >= 0.6 is 0 Å². The first-order chi connectivity index (χ1) is 7.16. The van der Waals surface area contributed by atoms with E-state index in [0.29, 0.717) is 6.54 Å². The van der Waals surface area contributed by atoms with Crippen LogP contribution in [0.3, 0.4) is 0 Å². The molecule has 96 valence electrons. The zero-order chi connectivity index (χ0) is 13.2. The van der Waals surface area contributed by atoms with Crippen LogP contribution in [0.25, 0.3) is 0 Å². The second-order valence-corrected chi connectivity index (χ2v) is 3.47. The summed E-state index contributed by atoms with van der Waals surface area (Å²) in [5.41, 5.74) is 15.4. The highest BCUT2D eigenvalue weighted by atomic mass is 32.3. The minimum absolute atomic E-state index is 0.0530. The molecule has 0 saturated carbocycles. The molecule has 0 aromatic carbocycles. The van der Waals surface area contributed by atoms with Crippen molar-refractivity contribution in [2.24, 2.45) is 27.2 Å². The van der Waals surface area contributed by atoms with Crippen LogP contribution in [0.1, 0.15) is 19.8 Å². The van der Waals surface area contributed by atoms with Gasteiger partial charge in [-0.3, -0.25) is 14.1 Å². The Labute approximate surface area is 94.0 Å². The van der Waals surface area contributed by atoms with Gasteiger partial charge in [-0.2, -0.15) is 13.4 Å². The van der Waals surface area contributed by atoms with E-state index in [1.165, 1.54) is 0 Å². The molecule has 0 heterocycles. The molecule has 0 atom stereocenters. The smallest absolute Gasteiger partial charge is 0.370 e. The minimum Gasteiger partial charge on any atom is -0.370 e. The highest BCUT2D eigenvalue weighted by molar-refractivity contribution is 7.79. The van der Waals surface area contributed by atoms with Gasteiger partial charge in [0, 0.05) is 6.54 Å². The van der Waals surface area contributed by atoms with Crippen LogP contribution in [0, 0.1) is 0 Å². The van der Waals surface area contributed by atoms with E-state index in [4.69, 9.17) is 34.7 Å². The molecule has 0 fully saturated rings. The third kappa shape index (κ3) is 29.4. The predicted molar refractivity (Wildman–Crippen MR) is 61.4 cm³/mol. The molecule has 0 unspecified atom stereocenters. The summed E-state index contributed by atoms with van der Waals surface area (Å²) < 4.78 is 31.6. The van der Waals surface area contributed by atoms with E-state index in [2.05, 4.69) is 16.9 Å². The maximum absolute atomic E-state index is 8.74. The van der Waals surface area contributed by atoms with Crippen molar-refractivity contribution >= 4 is 22.3 Å². The number of hydrogen-bond acceptors (Lipinski definition) is 3. The van der Waals surface area contributed by atoms with Crippen LogP contribution < -0.4 is 17.2 Å². The molecule has 0 aliphatic carbocycles. The second kappa shape index (κ2) is 8.88. The molecule has 0 saturated heterocycles. The van der Waals surface area contributed by atoms with Gasteiger partial charge in [0.05, 0.1) is 0 Å². The minimum atomic E-state index is -4.67. The van der Waals surface area contributed by atoms with Crippen molar-refractivity contribution in [3.63, 3.8) is 0 Å². The van der Waals surface area contributed by atoms with Crippen molar-refractivity contribution in [3.05, 3.63) is 0 Å². The number of rotatable bonds is 3. The lowest BCUT2D eigenvalue weighted by atomic mass is 10.3. The molecule has 0 spiro atoms. The summed E-state index contributed by atoms with van der Waals surface area (Å²) in [4.78, 5) is 7.45. The number of nitrogens with zero attached hydrogens (tertiary/aromatic N) is 2. The van der Waals surface area contributed by atoms with E-state index in [1.807, 2.05) is 0 Å². The van der Waals surface area contributed by atoms with Crippen molar-refractivity contribution in [2.45, 2.75) is 19.8 Å². The Bertz CT molecular complexity index is 325. The summed E-state index contributed by atoms with van der Waals surface area (Å²) >= 11 is 0. The maximum Gasteiger partial charge on any atom is 0.394 e. The van der Waals surface area contributed by atoms with Gasteiger partial charge in [0.25, 0.3) is 0 Å². The summed E-state index contributed by atoms with van der Waals surface area (Å²) in [5.74, 6) is 0.0983. The average Bonchev–Trinajstić information content (AvgIpc) is 1.99. The van der Waals surface area contributed by atoms with Crippen LogP contribution in [0.4, 0.5) is 0 Å². The van der Waals surface area contributed by atoms with Crippen LogP contribution in [-0.2, 0) is 10.4 Å². The van der Waals surface area contributed by atoms with Gasteiger partial charge in [0.15, 0.2) is 5.96 Å². The van der Waals surface area contributed by atoms with E-state index in [0.717, 1.165) is 12.8 Å². The molecular formula is C6H17N5O4S. The molecule has 0 rings (SSSR count). The quantitative estimate of drug-likeness (QED) is 0.180. The van der Waals surface area contributed by atoms with Crippen molar-refractivity contribution < 1.29 is 17.5 Å². The molecule has 8 N–H and O–H groups in total. The Balaban J connectivity index is 0. The van der Waals surface area contributed by atoms with E-state index in [-0.39, 0.29) is 11.9 Å². The molecule has 0 aliphatic rings.